The maximum Gasteiger partial charge on any atom is 0.422 e. The number of carbonyl (C=O) groups is 1. The van der Waals surface area contributed by atoms with E-state index in [1.807, 2.05) is 45.0 Å². The van der Waals surface area contributed by atoms with Crippen molar-refractivity contribution in [3.05, 3.63) is 33.4 Å². The van der Waals surface area contributed by atoms with Gasteiger partial charge in [0.05, 0.1) is 0 Å². The maximum atomic E-state index is 11.3. The molecule has 0 atom stereocenters. The third kappa shape index (κ3) is 6.48. The van der Waals surface area contributed by atoms with E-state index in [4.69, 9.17) is 4.74 Å². The van der Waals surface area contributed by atoms with Crippen LogP contribution in [0.2, 0.25) is 0 Å². The van der Waals surface area contributed by atoms with E-state index >= 15 is 0 Å². The van der Waals surface area contributed by atoms with Crippen LogP contribution in [-0.2, 0) is 11.3 Å². The van der Waals surface area contributed by atoms with Gasteiger partial charge in [-0.1, -0.05) is 12.1 Å². The Morgan fingerprint density at radius 3 is 2.41 bits per heavy atom. The summed E-state index contributed by atoms with van der Waals surface area (Å²) < 4.78 is 6.27. The quantitative estimate of drug-likeness (QED) is 0.652. The van der Waals surface area contributed by atoms with Crippen molar-refractivity contribution in [3.63, 3.8) is 0 Å². The molecule has 0 saturated heterocycles. The van der Waals surface area contributed by atoms with Gasteiger partial charge in [-0.15, -0.1) is 0 Å². The Hall–Kier alpha value is -0.820. The van der Waals surface area contributed by atoms with Crippen LogP contribution in [0.3, 0.4) is 0 Å². The molecule has 0 bridgehead atoms. The molecule has 94 valence electrons. The Bertz CT molecular complexity index is 371. The summed E-state index contributed by atoms with van der Waals surface area (Å²) in [5.74, 6) is 0. The highest BCUT2D eigenvalue weighted by Crippen LogP contribution is 2.07. The number of hydrogen-bond acceptors (Lipinski definition) is 3. The van der Waals surface area contributed by atoms with Gasteiger partial charge in [0, 0.05) is 10.1 Å². The van der Waals surface area contributed by atoms with Crippen molar-refractivity contribution in [2.24, 2.45) is 0 Å². The molecule has 0 saturated carbocycles. The summed E-state index contributed by atoms with van der Waals surface area (Å²) in [6.45, 7) is 6.04. The van der Waals surface area contributed by atoms with Gasteiger partial charge in [0.2, 0.25) is 0 Å². The van der Waals surface area contributed by atoms with Crippen LogP contribution < -0.4 is 10.9 Å². The molecule has 1 aromatic rings. The average molecular weight is 348 g/mol. The van der Waals surface area contributed by atoms with E-state index in [1.54, 1.807) is 0 Å². The second-order valence-corrected chi connectivity index (χ2v) is 5.85. The van der Waals surface area contributed by atoms with Crippen molar-refractivity contribution >= 4 is 28.7 Å². The molecule has 2 N–H and O–H groups in total. The minimum atomic E-state index is -0.478. The van der Waals surface area contributed by atoms with Crippen LogP contribution in [0.15, 0.2) is 24.3 Å². The predicted molar refractivity (Wildman–Crippen MR) is 75.4 cm³/mol. The number of benzene rings is 1. The molecule has 0 spiro atoms. The Kier molecular flexibility index (Phi) is 5.20. The number of hydrogen-bond donors (Lipinski definition) is 2. The molecule has 1 aromatic carbocycles. The first-order chi connectivity index (χ1) is 7.87. The first-order valence-electron chi connectivity index (χ1n) is 5.33. The van der Waals surface area contributed by atoms with E-state index in [9.17, 15) is 4.79 Å². The van der Waals surface area contributed by atoms with E-state index in [0.29, 0.717) is 6.54 Å². The van der Waals surface area contributed by atoms with Gasteiger partial charge in [-0.25, -0.2) is 10.2 Å². The molecule has 0 fully saturated rings. The average Bonchev–Trinajstić information content (AvgIpc) is 2.18. The lowest BCUT2D eigenvalue weighted by atomic mass is 10.2. The Morgan fingerprint density at radius 2 is 1.88 bits per heavy atom. The lowest BCUT2D eigenvalue weighted by Gasteiger charge is -2.19. The molecule has 0 aromatic heterocycles. The molecule has 0 aliphatic heterocycles. The summed E-state index contributed by atoms with van der Waals surface area (Å²) in [4.78, 5) is 11.3. The molecule has 17 heavy (non-hydrogen) atoms. The zero-order valence-electron chi connectivity index (χ0n) is 10.2. The van der Waals surface area contributed by atoms with E-state index in [2.05, 4.69) is 33.4 Å². The highest BCUT2D eigenvalue weighted by Gasteiger charge is 2.15. The standard InChI is InChI=1S/C12H17IN2O2/c1-12(2,3)17-11(16)15-14-8-9-4-6-10(13)7-5-9/h4-7,14H,8H2,1-3H3,(H,15,16). The van der Waals surface area contributed by atoms with Gasteiger partial charge in [0.25, 0.3) is 0 Å². The third-order valence-corrected chi connectivity index (χ3v) is 2.51. The topological polar surface area (TPSA) is 50.4 Å². The second kappa shape index (κ2) is 6.20. The number of carbonyl (C=O) groups excluding carboxylic acids is 1. The van der Waals surface area contributed by atoms with Crippen molar-refractivity contribution in [3.8, 4) is 0 Å². The van der Waals surface area contributed by atoms with Gasteiger partial charge in [0.15, 0.2) is 0 Å². The van der Waals surface area contributed by atoms with E-state index in [1.165, 1.54) is 3.57 Å². The number of rotatable bonds is 3. The largest absolute Gasteiger partial charge is 0.443 e. The highest BCUT2D eigenvalue weighted by molar-refractivity contribution is 14.1. The first kappa shape index (κ1) is 14.2. The molecule has 4 nitrogen and oxygen atoms in total. The first-order valence-corrected chi connectivity index (χ1v) is 6.41. The number of halogens is 1. The molecular formula is C12H17IN2O2. The fraction of sp³-hybridized carbons (Fsp3) is 0.417. The predicted octanol–water partition coefficient (Wildman–Crippen LogP) is 2.82. The van der Waals surface area contributed by atoms with Crippen molar-refractivity contribution in [1.29, 1.82) is 0 Å². The maximum absolute atomic E-state index is 11.3. The fourth-order valence-corrected chi connectivity index (χ4v) is 1.48. The van der Waals surface area contributed by atoms with Crippen LogP contribution in [0.1, 0.15) is 26.3 Å². The summed E-state index contributed by atoms with van der Waals surface area (Å²) in [6, 6.07) is 8.05. The van der Waals surface area contributed by atoms with Gasteiger partial charge in [-0.05, 0) is 61.1 Å². The van der Waals surface area contributed by atoms with E-state index < -0.39 is 11.7 Å². The van der Waals surface area contributed by atoms with Crippen LogP contribution in [-0.4, -0.2) is 11.7 Å². The highest BCUT2D eigenvalue weighted by atomic mass is 127. The van der Waals surface area contributed by atoms with Crippen LogP contribution in [0.5, 0.6) is 0 Å². The summed E-state index contributed by atoms with van der Waals surface area (Å²) in [7, 11) is 0. The lowest BCUT2D eigenvalue weighted by molar-refractivity contribution is 0.0497. The third-order valence-electron chi connectivity index (χ3n) is 1.80. The van der Waals surface area contributed by atoms with Crippen molar-refractivity contribution in [2.45, 2.75) is 32.9 Å². The summed E-state index contributed by atoms with van der Waals surface area (Å²) in [5.41, 5.74) is 5.93. The zero-order chi connectivity index (χ0) is 12.9. The van der Waals surface area contributed by atoms with Crippen LogP contribution in [0.4, 0.5) is 4.79 Å². The smallest absolute Gasteiger partial charge is 0.422 e. The molecular weight excluding hydrogens is 331 g/mol. The van der Waals surface area contributed by atoms with Gasteiger partial charge in [-0.3, -0.25) is 5.43 Å². The normalized spacial score (nSPS) is 11.1. The van der Waals surface area contributed by atoms with E-state index in [0.717, 1.165) is 5.56 Å². The van der Waals surface area contributed by atoms with Crippen molar-refractivity contribution in [2.75, 3.05) is 0 Å². The summed E-state index contributed by atoms with van der Waals surface area (Å²) >= 11 is 2.25. The molecule has 0 heterocycles. The summed E-state index contributed by atoms with van der Waals surface area (Å²) in [6.07, 6.45) is -0.469. The van der Waals surface area contributed by atoms with Crippen LogP contribution >= 0.6 is 22.6 Å². The van der Waals surface area contributed by atoms with Gasteiger partial charge < -0.3 is 4.74 Å². The number of ether oxygens (including phenoxy) is 1. The zero-order valence-corrected chi connectivity index (χ0v) is 12.4. The second-order valence-electron chi connectivity index (χ2n) is 4.61. The van der Waals surface area contributed by atoms with Gasteiger partial charge in [-0.2, -0.15) is 0 Å². The Morgan fingerprint density at radius 1 is 1.29 bits per heavy atom. The number of nitrogens with one attached hydrogen (secondary N) is 2. The van der Waals surface area contributed by atoms with Gasteiger partial charge in [0.1, 0.15) is 5.60 Å². The molecule has 0 aliphatic carbocycles. The SMILES string of the molecule is CC(C)(C)OC(=O)NNCc1ccc(I)cc1. The molecule has 0 aliphatic rings. The Balaban J connectivity index is 2.28. The molecule has 5 heteroatoms. The van der Waals surface area contributed by atoms with Gasteiger partial charge >= 0.3 is 6.09 Å². The van der Waals surface area contributed by atoms with Crippen LogP contribution in [0, 0.1) is 3.57 Å². The minimum absolute atomic E-state index is 0.469. The molecule has 0 radical (unpaired) electrons. The molecule has 0 unspecified atom stereocenters. The number of hydrazine groups is 1. The van der Waals surface area contributed by atoms with Crippen molar-refractivity contribution < 1.29 is 9.53 Å². The Labute approximate surface area is 115 Å². The molecule has 1 amide bonds. The van der Waals surface area contributed by atoms with Crippen LogP contribution in [0.25, 0.3) is 0 Å². The van der Waals surface area contributed by atoms with E-state index in [-0.39, 0.29) is 0 Å². The monoisotopic (exact) mass is 348 g/mol. The lowest BCUT2D eigenvalue weighted by Crippen LogP contribution is -2.40. The summed E-state index contributed by atoms with van der Waals surface area (Å²) in [5, 5.41) is 0. The number of amides is 1. The fourth-order valence-electron chi connectivity index (χ4n) is 1.12. The minimum Gasteiger partial charge on any atom is -0.443 e. The molecule has 1 rings (SSSR count). The van der Waals surface area contributed by atoms with Crippen molar-refractivity contribution in [1.82, 2.24) is 10.9 Å².